The first-order valence-electron chi connectivity index (χ1n) is 4.54. The van der Waals surface area contributed by atoms with Crippen molar-refractivity contribution in [1.29, 1.82) is 0 Å². The number of H-pyrrole nitrogens is 1. The lowest BCUT2D eigenvalue weighted by Gasteiger charge is -2.07. The smallest absolute Gasteiger partial charge is 0.352 e. The molecule has 1 aromatic heterocycles. The zero-order chi connectivity index (χ0) is 12.1. The van der Waals surface area contributed by atoms with Crippen LogP contribution in [0.2, 0.25) is 0 Å². The second kappa shape index (κ2) is 5.29. The maximum atomic E-state index is 11.4. The third-order valence-electron chi connectivity index (χ3n) is 1.87. The zero-order valence-electron chi connectivity index (χ0n) is 8.30. The molecule has 16 heavy (non-hydrogen) atoms. The predicted octanol–water partition coefficient (Wildman–Crippen LogP) is -1.20. The van der Waals surface area contributed by atoms with Gasteiger partial charge in [-0.3, -0.25) is 4.79 Å². The number of carbonyl (C=O) groups excluding carboxylic acids is 1. The summed E-state index contributed by atoms with van der Waals surface area (Å²) in [5, 5.41) is 28.4. The lowest BCUT2D eigenvalue weighted by Crippen LogP contribution is -2.34. The van der Waals surface area contributed by atoms with Crippen LogP contribution in [0.4, 0.5) is 0 Å². The molecule has 0 aliphatic heterocycles. The molecular weight excluding hydrogens is 216 g/mol. The number of carboxylic acid groups (broad SMARTS) is 1. The summed E-state index contributed by atoms with van der Waals surface area (Å²) < 4.78 is 0. The second-order valence-electron chi connectivity index (χ2n) is 3.14. The van der Waals surface area contributed by atoms with Crippen LogP contribution < -0.4 is 5.32 Å². The molecule has 7 heteroatoms. The fourth-order valence-electron chi connectivity index (χ4n) is 1.02. The first-order valence-corrected chi connectivity index (χ1v) is 4.54. The molecule has 0 aliphatic carbocycles. The number of aliphatic hydroxyl groups is 2. The predicted molar refractivity (Wildman–Crippen MR) is 53.2 cm³/mol. The molecule has 0 spiro atoms. The molecule has 88 valence electrons. The van der Waals surface area contributed by atoms with Crippen LogP contribution in [0, 0.1) is 0 Å². The standard InChI is InChI=1S/C9H12N2O5/c12-4-5(13)3-10-8(14)6-1-2-7(11-6)9(15)16/h1-2,5,11-13H,3-4H2,(H,10,14)(H,15,16). The Kier molecular flexibility index (Phi) is 4.03. The van der Waals surface area contributed by atoms with Crippen LogP contribution in [-0.4, -0.2) is 51.4 Å². The number of aromatic nitrogens is 1. The molecule has 0 aliphatic rings. The van der Waals surface area contributed by atoms with Gasteiger partial charge in [-0.25, -0.2) is 4.79 Å². The number of aliphatic hydroxyl groups excluding tert-OH is 2. The molecule has 0 bridgehead atoms. The summed E-state index contributed by atoms with van der Waals surface area (Å²) in [5.41, 5.74) is -0.00426. The number of rotatable bonds is 5. The Morgan fingerprint density at radius 2 is 2.00 bits per heavy atom. The number of hydrogen-bond acceptors (Lipinski definition) is 4. The quantitative estimate of drug-likeness (QED) is 0.433. The van der Waals surface area contributed by atoms with Crippen LogP contribution in [-0.2, 0) is 0 Å². The number of carbonyl (C=O) groups is 2. The SMILES string of the molecule is O=C(O)c1ccc(C(=O)NCC(O)CO)[nH]1. The minimum Gasteiger partial charge on any atom is -0.477 e. The highest BCUT2D eigenvalue weighted by Crippen LogP contribution is 2.01. The van der Waals surface area contributed by atoms with E-state index >= 15 is 0 Å². The van der Waals surface area contributed by atoms with Crippen molar-refractivity contribution in [3.63, 3.8) is 0 Å². The number of aromatic amines is 1. The van der Waals surface area contributed by atoms with Crippen molar-refractivity contribution in [2.45, 2.75) is 6.10 Å². The van der Waals surface area contributed by atoms with Crippen LogP contribution in [0.25, 0.3) is 0 Å². The fraction of sp³-hybridized carbons (Fsp3) is 0.333. The minimum atomic E-state index is -1.16. The highest BCUT2D eigenvalue weighted by atomic mass is 16.4. The molecule has 5 N–H and O–H groups in total. The van der Waals surface area contributed by atoms with E-state index in [2.05, 4.69) is 10.3 Å². The molecule has 0 fully saturated rings. The highest BCUT2D eigenvalue weighted by molar-refractivity contribution is 5.95. The van der Waals surface area contributed by atoms with Gasteiger partial charge in [0, 0.05) is 6.54 Å². The summed E-state index contributed by atoms with van der Waals surface area (Å²) in [5.74, 6) is -1.70. The number of amides is 1. The van der Waals surface area contributed by atoms with E-state index in [1.165, 1.54) is 12.1 Å². The van der Waals surface area contributed by atoms with E-state index in [0.29, 0.717) is 0 Å². The number of hydrogen-bond donors (Lipinski definition) is 5. The Morgan fingerprint density at radius 3 is 2.50 bits per heavy atom. The summed E-state index contributed by atoms with van der Waals surface area (Å²) in [6.07, 6.45) is -1.03. The van der Waals surface area contributed by atoms with Crippen molar-refractivity contribution in [2.75, 3.05) is 13.2 Å². The van der Waals surface area contributed by atoms with Gasteiger partial charge in [0.1, 0.15) is 11.4 Å². The van der Waals surface area contributed by atoms with Gasteiger partial charge in [-0.2, -0.15) is 0 Å². The van der Waals surface area contributed by atoms with Crippen LogP contribution in [0.5, 0.6) is 0 Å². The monoisotopic (exact) mass is 228 g/mol. The van der Waals surface area contributed by atoms with Crippen molar-refractivity contribution in [2.24, 2.45) is 0 Å². The summed E-state index contributed by atoms with van der Waals surface area (Å²) in [6.45, 7) is -0.553. The van der Waals surface area contributed by atoms with Gasteiger partial charge < -0.3 is 25.6 Å². The van der Waals surface area contributed by atoms with Gasteiger partial charge in [0.2, 0.25) is 0 Å². The van der Waals surface area contributed by atoms with Crippen LogP contribution in [0.3, 0.4) is 0 Å². The Hall–Kier alpha value is -1.86. The summed E-state index contributed by atoms with van der Waals surface area (Å²) in [6, 6.07) is 2.59. The van der Waals surface area contributed by atoms with Gasteiger partial charge in [0.05, 0.1) is 12.7 Å². The van der Waals surface area contributed by atoms with Crippen LogP contribution in [0.1, 0.15) is 21.0 Å². The molecule has 0 saturated heterocycles. The average molecular weight is 228 g/mol. The molecule has 1 amide bonds. The van der Waals surface area contributed by atoms with Gasteiger partial charge in [-0.05, 0) is 12.1 Å². The average Bonchev–Trinajstić information content (AvgIpc) is 2.74. The second-order valence-corrected chi connectivity index (χ2v) is 3.14. The van der Waals surface area contributed by atoms with E-state index in [0.717, 1.165) is 0 Å². The van der Waals surface area contributed by atoms with Gasteiger partial charge in [-0.15, -0.1) is 0 Å². The van der Waals surface area contributed by atoms with E-state index in [1.807, 2.05) is 0 Å². The molecular formula is C9H12N2O5. The Balaban J connectivity index is 2.56. The summed E-state index contributed by atoms with van der Waals surface area (Å²) in [7, 11) is 0. The van der Waals surface area contributed by atoms with E-state index in [4.69, 9.17) is 15.3 Å². The van der Waals surface area contributed by atoms with Crippen molar-refractivity contribution < 1.29 is 24.9 Å². The van der Waals surface area contributed by atoms with Crippen molar-refractivity contribution in [1.82, 2.24) is 10.3 Å². The molecule has 0 radical (unpaired) electrons. The van der Waals surface area contributed by atoms with Crippen LogP contribution >= 0.6 is 0 Å². The first kappa shape index (κ1) is 12.2. The van der Waals surface area contributed by atoms with Crippen molar-refractivity contribution in [3.8, 4) is 0 Å². The van der Waals surface area contributed by atoms with Gasteiger partial charge in [0.15, 0.2) is 0 Å². The van der Waals surface area contributed by atoms with Crippen LogP contribution in [0.15, 0.2) is 12.1 Å². The van der Waals surface area contributed by atoms with E-state index < -0.39 is 24.6 Å². The molecule has 0 aromatic carbocycles. The Morgan fingerprint density at radius 1 is 1.38 bits per heavy atom. The molecule has 1 unspecified atom stereocenters. The number of carboxylic acids is 1. The largest absolute Gasteiger partial charge is 0.477 e. The molecule has 1 rings (SSSR count). The van der Waals surface area contributed by atoms with Crippen molar-refractivity contribution in [3.05, 3.63) is 23.5 Å². The normalized spacial score (nSPS) is 12.1. The molecule has 1 atom stereocenters. The number of nitrogens with one attached hydrogen (secondary N) is 2. The van der Waals surface area contributed by atoms with E-state index in [9.17, 15) is 9.59 Å². The summed E-state index contributed by atoms with van der Waals surface area (Å²) >= 11 is 0. The van der Waals surface area contributed by atoms with Crippen molar-refractivity contribution >= 4 is 11.9 Å². The molecule has 0 saturated carbocycles. The maximum Gasteiger partial charge on any atom is 0.352 e. The van der Waals surface area contributed by atoms with Gasteiger partial charge in [-0.1, -0.05) is 0 Å². The molecule has 1 aromatic rings. The third-order valence-corrected chi connectivity index (χ3v) is 1.87. The Labute approximate surface area is 90.7 Å². The Bertz CT molecular complexity index is 387. The molecule has 1 heterocycles. The maximum absolute atomic E-state index is 11.4. The van der Waals surface area contributed by atoms with E-state index in [1.54, 1.807) is 0 Å². The fourth-order valence-corrected chi connectivity index (χ4v) is 1.02. The minimum absolute atomic E-state index is 0.0857. The lowest BCUT2D eigenvalue weighted by molar-refractivity contribution is 0.0691. The zero-order valence-corrected chi connectivity index (χ0v) is 8.30. The first-order chi connectivity index (χ1) is 7.54. The lowest BCUT2D eigenvalue weighted by atomic mass is 10.3. The number of aromatic carboxylic acids is 1. The highest BCUT2D eigenvalue weighted by Gasteiger charge is 2.12. The third kappa shape index (κ3) is 3.07. The molecule has 7 nitrogen and oxygen atoms in total. The van der Waals surface area contributed by atoms with Gasteiger partial charge in [0.25, 0.3) is 5.91 Å². The topological polar surface area (TPSA) is 123 Å². The summed E-state index contributed by atoms with van der Waals surface area (Å²) in [4.78, 5) is 24.3. The van der Waals surface area contributed by atoms with Gasteiger partial charge >= 0.3 is 5.97 Å². The van der Waals surface area contributed by atoms with E-state index in [-0.39, 0.29) is 17.9 Å².